The van der Waals surface area contributed by atoms with Crippen LogP contribution in [0, 0.1) is 5.89 Å². The van der Waals surface area contributed by atoms with Crippen molar-refractivity contribution in [1.82, 2.24) is 0 Å². The Morgan fingerprint density at radius 1 is 1.48 bits per heavy atom. The number of ether oxygens (including phenoxy) is 1. The molecule has 2 atom stereocenters. The molecule has 126 valence electrons. The molecule has 2 nitrogen and oxygen atoms in total. The minimum absolute atomic E-state index is 0.0303. The zero-order chi connectivity index (χ0) is 25.4. The number of aryl methyl sites for hydroxylation is 1. The predicted molar refractivity (Wildman–Crippen MR) is 95.3 cm³/mol. The van der Waals surface area contributed by atoms with E-state index in [1.807, 2.05) is 6.92 Å². The molecule has 1 aromatic rings. The minimum Gasteiger partial charge on any atom is -0.507 e. The van der Waals surface area contributed by atoms with Crippen molar-refractivity contribution in [3.63, 3.8) is 0 Å². The molecule has 0 aromatic heterocycles. The van der Waals surface area contributed by atoms with E-state index in [0.717, 1.165) is 19.3 Å². The maximum atomic E-state index is 10.9. The van der Waals surface area contributed by atoms with E-state index >= 15 is 0 Å². The highest BCUT2D eigenvalue weighted by Gasteiger charge is 2.45. The van der Waals surface area contributed by atoms with Gasteiger partial charge in [0, 0.05) is 29.7 Å². The van der Waals surface area contributed by atoms with E-state index in [0.29, 0.717) is 12.0 Å². The van der Waals surface area contributed by atoms with Gasteiger partial charge in [-0.2, -0.15) is 0 Å². The zero-order valence-electron chi connectivity index (χ0n) is 23.8. The van der Waals surface area contributed by atoms with Crippen LogP contribution in [-0.2, 0) is 6.42 Å². The van der Waals surface area contributed by atoms with Gasteiger partial charge >= 0.3 is 0 Å². The van der Waals surface area contributed by atoms with Gasteiger partial charge in [0.1, 0.15) is 17.1 Å². The monoisotopic (exact) mass is 324 g/mol. The third-order valence-electron chi connectivity index (χ3n) is 4.24. The van der Waals surface area contributed by atoms with Gasteiger partial charge in [-0.15, -0.1) is 0 Å². The van der Waals surface area contributed by atoms with Crippen LogP contribution in [0.4, 0.5) is 0 Å². The fourth-order valence-electron chi connectivity index (χ4n) is 3.08. The van der Waals surface area contributed by atoms with E-state index in [-0.39, 0.29) is 11.3 Å². The molecule has 0 amide bonds. The van der Waals surface area contributed by atoms with Crippen molar-refractivity contribution in [1.29, 1.82) is 0 Å². The van der Waals surface area contributed by atoms with Crippen molar-refractivity contribution >= 4 is 0 Å². The molecule has 1 heterocycles. The van der Waals surface area contributed by atoms with Gasteiger partial charge in [-0.05, 0) is 64.0 Å². The Bertz CT molecular complexity index is 997. The Balaban J connectivity index is 2.44. The molecule has 0 unspecified atom stereocenters. The number of unbranched alkanes of at least 4 members (excludes halogenated alkanes) is 2. The van der Waals surface area contributed by atoms with Crippen LogP contribution in [0.5, 0.6) is 11.5 Å². The SMILES string of the molecule is [2H]C1=C(C([2H])([2H])[2H])C([2H])([2H])C([2H])([2H])[C@@]2([2H])C(C)(C)Oc3cc(CCCCC)cc(O)c3[C@]12[2H]. The molecule has 1 aromatic carbocycles. The number of phenolic OH excluding ortho intramolecular Hbond substituents is 1. The lowest BCUT2D eigenvalue weighted by atomic mass is 9.68. The van der Waals surface area contributed by atoms with E-state index in [4.69, 9.17) is 15.7 Å². The first kappa shape index (κ1) is 8.09. The van der Waals surface area contributed by atoms with Gasteiger partial charge in [0.05, 0.1) is 1.37 Å². The molecule has 3 rings (SSSR count). The summed E-state index contributed by atoms with van der Waals surface area (Å²) in [7, 11) is 0. The largest absolute Gasteiger partial charge is 0.507 e. The highest BCUT2D eigenvalue weighted by molar-refractivity contribution is 5.53. The fourth-order valence-corrected chi connectivity index (χ4v) is 3.08. The lowest BCUT2D eigenvalue weighted by molar-refractivity contribution is 0.0107. The zero-order valence-corrected chi connectivity index (χ0v) is 13.8. The Hall–Kier alpha value is -1.44. The normalized spacial score (nSPS) is 43.3. The van der Waals surface area contributed by atoms with Gasteiger partial charge in [-0.25, -0.2) is 0 Å². The highest BCUT2D eigenvalue weighted by atomic mass is 16.5. The summed E-state index contributed by atoms with van der Waals surface area (Å²) in [6.07, 6.45) is -3.16. The average molecular weight is 325 g/mol. The molecular formula is C21H30O2. The fraction of sp³-hybridized carbons (Fsp3) is 0.619. The van der Waals surface area contributed by atoms with E-state index < -0.39 is 54.4 Å². The Morgan fingerprint density at radius 3 is 3.04 bits per heavy atom. The number of allylic oxidation sites excluding steroid dienone is 2. The van der Waals surface area contributed by atoms with Crippen molar-refractivity contribution in [2.75, 3.05) is 0 Å². The van der Waals surface area contributed by atoms with Crippen molar-refractivity contribution in [2.24, 2.45) is 5.89 Å². The molecular weight excluding hydrogens is 284 g/mol. The first-order valence-electron chi connectivity index (χ1n) is 13.1. The summed E-state index contributed by atoms with van der Waals surface area (Å²) in [5.41, 5.74) is -2.73. The molecule has 0 fully saturated rings. The van der Waals surface area contributed by atoms with Crippen LogP contribution in [-0.4, -0.2) is 10.7 Å². The quantitative estimate of drug-likeness (QED) is 0.565. The molecule has 1 N–H and O–H groups in total. The third-order valence-corrected chi connectivity index (χ3v) is 4.24. The van der Waals surface area contributed by atoms with Gasteiger partial charge in [0.25, 0.3) is 0 Å². The first-order chi connectivity index (χ1) is 14.8. The highest BCUT2D eigenvalue weighted by Crippen LogP contribution is 2.53. The number of hydrogen-bond donors (Lipinski definition) is 1. The summed E-state index contributed by atoms with van der Waals surface area (Å²) in [5, 5.41) is 10.9. The van der Waals surface area contributed by atoms with Crippen LogP contribution in [0.1, 0.15) is 90.4 Å². The summed E-state index contributed by atoms with van der Waals surface area (Å²) in [4.78, 5) is 0. The number of hydrogen-bond acceptors (Lipinski definition) is 2. The van der Waals surface area contributed by atoms with E-state index in [9.17, 15) is 7.85 Å². The average Bonchev–Trinajstić information content (AvgIpc) is 2.63. The van der Waals surface area contributed by atoms with Crippen molar-refractivity contribution in [3.05, 3.63) is 34.9 Å². The summed E-state index contributed by atoms with van der Waals surface area (Å²) in [6.45, 7) is 1.47. The summed E-state index contributed by atoms with van der Waals surface area (Å²) in [5.74, 6) is -6.11. The smallest absolute Gasteiger partial charge is 0.127 e. The summed E-state index contributed by atoms with van der Waals surface area (Å²) >= 11 is 0. The standard InChI is InChI=1S/C21H30O2/c1-5-6-7-8-15-12-18(22)20-16-11-14(2)9-10-17(16)21(3,4)23-19(20)13-15/h11-13,16-17,22H,5-10H2,1-4H3/t16-,17-/m1/s1/i2D3,9D2,10D2,11D,16D,17D. The van der Waals surface area contributed by atoms with Gasteiger partial charge in [-0.1, -0.05) is 31.4 Å². The molecule has 0 spiro atoms. The van der Waals surface area contributed by atoms with Crippen LogP contribution in [0.3, 0.4) is 0 Å². The molecule has 0 radical (unpaired) electrons. The Morgan fingerprint density at radius 2 is 2.30 bits per heavy atom. The summed E-state index contributed by atoms with van der Waals surface area (Å²) < 4.78 is 90.7. The minimum atomic E-state index is -3.27. The number of rotatable bonds is 4. The number of fused-ring (bicyclic) bond motifs is 3. The van der Waals surface area contributed by atoms with Crippen molar-refractivity contribution < 1.29 is 23.6 Å². The first-order valence-corrected chi connectivity index (χ1v) is 8.10. The third kappa shape index (κ3) is 3.13. The van der Waals surface area contributed by atoms with Crippen LogP contribution in [0.2, 0.25) is 0 Å². The molecule has 23 heavy (non-hydrogen) atoms. The molecule has 2 heteroatoms. The lowest BCUT2D eigenvalue weighted by Gasteiger charge is -2.46. The Kier molecular flexibility index (Phi) is 2.19. The summed E-state index contributed by atoms with van der Waals surface area (Å²) in [6, 6.07) is 1.89. The van der Waals surface area contributed by atoms with Gasteiger partial charge in [0.2, 0.25) is 0 Å². The van der Waals surface area contributed by atoms with Crippen molar-refractivity contribution in [2.45, 2.75) is 77.5 Å². The molecule has 0 saturated carbocycles. The maximum Gasteiger partial charge on any atom is 0.127 e. The van der Waals surface area contributed by atoms with Gasteiger partial charge in [-0.3, -0.25) is 0 Å². The van der Waals surface area contributed by atoms with Crippen LogP contribution in [0.25, 0.3) is 0 Å². The molecule has 0 bridgehead atoms. The van der Waals surface area contributed by atoms with Crippen LogP contribution >= 0.6 is 0 Å². The topological polar surface area (TPSA) is 29.5 Å². The van der Waals surface area contributed by atoms with Gasteiger partial charge < -0.3 is 9.84 Å². The molecule has 0 saturated heterocycles. The predicted octanol–water partition coefficient (Wildman–Crippen LogP) is 5.74. The van der Waals surface area contributed by atoms with Crippen LogP contribution < -0.4 is 4.74 Å². The number of benzene rings is 1. The second-order valence-electron chi connectivity index (χ2n) is 6.56. The van der Waals surface area contributed by atoms with E-state index in [1.165, 1.54) is 19.9 Å². The number of aromatic hydroxyl groups is 1. The van der Waals surface area contributed by atoms with Gasteiger partial charge in [0.15, 0.2) is 0 Å². The molecule has 1 aliphatic heterocycles. The molecule has 2 aliphatic rings. The van der Waals surface area contributed by atoms with E-state index in [1.54, 1.807) is 6.07 Å². The lowest BCUT2D eigenvalue weighted by Crippen LogP contribution is -2.45. The Labute approximate surface area is 154 Å². The second-order valence-corrected chi connectivity index (χ2v) is 6.56. The second kappa shape index (κ2) is 6.22. The maximum absolute atomic E-state index is 10.9. The van der Waals surface area contributed by atoms with Crippen LogP contribution in [0.15, 0.2) is 23.8 Å². The number of phenols is 1. The molecule has 1 aliphatic carbocycles. The van der Waals surface area contributed by atoms with Crippen molar-refractivity contribution in [3.8, 4) is 11.5 Å². The van der Waals surface area contributed by atoms with E-state index in [2.05, 4.69) is 0 Å².